The fourth-order valence-electron chi connectivity index (χ4n) is 0.998. The molecule has 0 saturated heterocycles. The fourth-order valence-corrected chi connectivity index (χ4v) is 2.71. The third-order valence-corrected chi connectivity index (χ3v) is 3.95. The lowest BCUT2D eigenvalue weighted by Gasteiger charge is -2.09. The van der Waals surface area contributed by atoms with Gasteiger partial charge in [0, 0.05) is 15.5 Å². The predicted octanol–water partition coefficient (Wildman–Crippen LogP) is 3.23. The maximum Gasteiger partial charge on any atom is 0.0972 e. The molecule has 1 heterocycles. The maximum atomic E-state index is 9.77. The van der Waals surface area contributed by atoms with Crippen LogP contribution in [0.15, 0.2) is 12.1 Å². The van der Waals surface area contributed by atoms with Crippen molar-refractivity contribution in [2.75, 3.05) is 5.75 Å². The molecule has 0 spiro atoms. The summed E-state index contributed by atoms with van der Waals surface area (Å²) in [4.78, 5) is 2.36. The Balaban J connectivity index is 2.44. The second-order valence-corrected chi connectivity index (χ2v) is 6.28. The summed E-state index contributed by atoms with van der Waals surface area (Å²) in [6.45, 7) is 6.37. The normalized spacial score (nSPS) is 13.6. The van der Waals surface area contributed by atoms with Crippen molar-refractivity contribution in [1.82, 2.24) is 0 Å². The van der Waals surface area contributed by atoms with Gasteiger partial charge in [0.1, 0.15) is 0 Å². The third kappa shape index (κ3) is 3.71. The van der Waals surface area contributed by atoms with E-state index in [9.17, 15) is 5.11 Å². The van der Waals surface area contributed by atoms with E-state index in [1.54, 1.807) is 23.1 Å². The highest BCUT2D eigenvalue weighted by atomic mass is 32.2. The van der Waals surface area contributed by atoms with Gasteiger partial charge in [0.25, 0.3) is 0 Å². The molecule has 1 nitrogen and oxygen atoms in total. The first-order valence-corrected chi connectivity index (χ1v) is 6.32. The van der Waals surface area contributed by atoms with E-state index < -0.39 is 0 Å². The van der Waals surface area contributed by atoms with Crippen LogP contribution in [0.25, 0.3) is 0 Å². The van der Waals surface area contributed by atoms with Gasteiger partial charge in [-0.1, -0.05) is 13.8 Å². The zero-order chi connectivity index (χ0) is 9.84. The lowest BCUT2D eigenvalue weighted by atomic mass is 10.3. The Morgan fingerprint density at radius 1 is 1.46 bits per heavy atom. The van der Waals surface area contributed by atoms with Gasteiger partial charge in [-0.15, -0.1) is 11.3 Å². The van der Waals surface area contributed by atoms with E-state index in [1.165, 1.54) is 4.88 Å². The van der Waals surface area contributed by atoms with E-state index in [0.29, 0.717) is 5.25 Å². The number of hydrogen-bond acceptors (Lipinski definition) is 3. The molecular formula is C10H16OS2. The quantitative estimate of drug-likeness (QED) is 0.834. The lowest BCUT2D eigenvalue weighted by Crippen LogP contribution is -2.00. The number of rotatable bonds is 4. The first-order chi connectivity index (χ1) is 6.09. The molecule has 0 radical (unpaired) electrons. The molecule has 1 atom stereocenters. The minimum absolute atomic E-state index is 0.286. The van der Waals surface area contributed by atoms with Crippen LogP contribution in [-0.2, 0) is 0 Å². The minimum atomic E-state index is -0.286. The van der Waals surface area contributed by atoms with Gasteiger partial charge in [-0.2, -0.15) is 11.8 Å². The van der Waals surface area contributed by atoms with E-state index in [1.807, 2.05) is 6.07 Å². The fraction of sp³-hybridized carbons (Fsp3) is 0.600. The molecule has 74 valence electrons. The van der Waals surface area contributed by atoms with Crippen molar-refractivity contribution in [3.8, 4) is 0 Å². The molecule has 0 aliphatic carbocycles. The molecular weight excluding hydrogens is 200 g/mol. The standard InChI is InChI=1S/C10H16OS2/c1-7(2)12-6-9(11)10-5-4-8(3)13-10/h4-5,7,9,11H,6H2,1-3H3. The van der Waals surface area contributed by atoms with Crippen molar-refractivity contribution in [3.63, 3.8) is 0 Å². The maximum absolute atomic E-state index is 9.77. The molecule has 0 aliphatic heterocycles. The predicted molar refractivity (Wildman–Crippen MR) is 61.6 cm³/mol. The summed E-state index contributed by atoms with van der Waals surface area (Å²) in [6, 6.07) is 4.08. The van der Waals surface area contributed by atoms with Crippen LogP contribution in [0.4, 0.5) is 0 Å². The summed E-state index contributed by atoms with van der Waals surface area (Å²) in [5.74, 6) is 0.803. The summed E-state index contributed by atoms with van der Waals surface area (Å²) in [5, 5.41) is 10.4. The summed E-state index contributed by atoms with van der Waals surface area (Å²) >= 11 is 3.48. The number of aliphatic hydroxyl groups excluding tert-OH is 1. The van der Waals surface area contributed by atoms with Crippen LogP contribution in [0, 0.1) is 6.92 Å². The largest absolute Gasteiger partial charge is 0.387 e. The van der Waals surface area contributed by atoms with Crippen LogP contribution in [0.2, 0.25) is 0 Å². The van der Waals surface area contributed by atoms with E-state index in [2.05, 4.69) is 26.8 Å². The molecule has 1 aromatic heterocycles. The number of hydrogen-bond donors (Lipinski definition) is 1. The number of thioether (sulfide) groups is 1. The van der Waals surface area contributed by atoms with E-state index >= 15 is 0 Å². The van der Waals surface area contributed by atoms with E-state index in [4.69, 9.17) is 0 Å². The molecule has 0 fully saturated rings. The Bertz CT molecular complexity index is 255. The summed E-state index contributed by atoms with van der Waals surface area (Å²) in [7, 11) is 0. The molecule has 0 saturated carbocycles. The van der Waals surface area contributed by atoms with Crippen LogP contribution < -0.4 is 0 Å². The topological polar surface area (TPSA) is 20.2 Å². The van der Waals surface area contributed by atoms with Crippen LogP contribution in [-0.4, -0.2) is 16.1 Å². The molecule has 1 rings (SSSR count). The van der Waals surface area contributed by atoms with Gasteiger partial charge in [0.15, 0.2) is 0 Å². The first-order valence-electron chi connectivity index (χ1n) is 4.45. The van der Waals surface area contributed by atoms with Gasteiger partial charge in [-0.25, -0.2) is 0 Å². The van der Waals surface area contributed by atoms with Crippen molar-refractivity contribution < 1.29 is 5.11 Å². The van der Waals surface area contributed by atoms with Gasteiger partial charge in [0.05, 0.1) is 6.10 Å². The molecule has 0 bridgehead atoms. The second-order valence-electron chi connectivity index (χ2n) is 3.35. The Morgan fingerprint density at radius 3 is 2.62 bits per heavy atom. The molecule has 0 aliphatic rings. The lowest BCUT2D eigenvalue weighted by molar-refractivity contribution is 0.208. The zero-order valence-corrected chi connectivity index (χ0v) is 9.91. The Kier molecular flexibility index (Phi) is 4.29. The Labute approximate surface area is 88.2 Å². The highest BCUT2D eigenvalue weighted by Crippen LogP contribution is 2.26. The van der Waals surface area contributed by atoms with Gasteiger partial charge < -0.3 is 5.11 Å². The summed E-state index contributed by atoms with van der Waals surface area (Å²) in [6.07, 6.45) is -0.286. The summed E-state index contributed by atoms with van der Waals surface area (Å²) < 4.78 is 0. The molecule has 3 heteroatoms. The molecule has 1 aromatic rings. The van der Waals surface area contributed by atoms with Crippen LogP contribution in [0.3, 0.4) is 0 Å². The Hall–Kier alpha value is 0.01000. The number of aryl methyl sites for hydroxylation is 1. The van der Waals surface area contributed by atoms with Crippen molar-refractivity contribution in [3.05, 3.63) is 21.9 Å². The molecule has 1 N–H and O–H groups in total. The van der Waals surface area contributed by atoms with Crippen molar-refractivity contribution >= 4 is 23.1 Å². The molecule has 0 aromatic carbocycles. The van der Waals surface area contributed by atoms with Crippen LogP contribution in [0.5, 0.6) is 0 Å². The minimum Gasteiger partial charge on any atom is -0.387 e. The van der Waals surface area contributed by atoms with E-state index in [0.717, 1.165) is 10.6 Å². The average Bonchev–Trinajstić information content (AvgIpc) is 2.47. The van der Waals surface area contributed by atoms with Crippen molar-refractivity contribution in [1.29, 1.82) is 0 Å². The van der Waals surface area contributed by atoms with Gasteiger partial charge in [-0.3, -0.25) is 0 Å². The summed E-state index contributed by atoms with van der Waals surface area (Å²) in [5.41, 5.74) is 0. The zero-order valence-electron chi connectivity index (χ0n) is 8.28. The van der Waals surface area contributed by atoms with Crippen LogP contribution in [0.1, 0.15) is 29.7 Å². The average molecular weight is 216 g/mol. The highest BCUT2D eigenvalue weighted by Gasteiger charge is 2.10. The third-order valence-electron chi connectivity index (χ3n) is 1.68. The van der Waals surface area contributed by atoms with Crippen molar-refractivity contribution in [2.24, 2.45) is 0 Å². The van der Waals surface area contributed by atoms with Crippen LogP contribution >= 0.6 is 23.1 Å². The Morgan fingerprint density at radius 2 is 2.15 bits per heavy atom. The first kappa shape index (κ1) is 11.1. The number of aliphatic hydroxyl groups is 1. The van der Waals surface area contributed by atoms with Gasteiger partial charge in [-0.05, 0) is 24.3 Å². The monoisotopic (exact) mass is 216 g/mol. The van der Waals surface area contributed by atoms with Gasteiger partial charge in [0.2, 0.25) is 0 Å². The van der Waals surface area contributed by atoms with Gasteiger partial charge >= 0.3 is 0 Å². The SMILES string of the molecule is Cc1ccc(C(O)CSC(C)C)s1. The van der Waals surface area contributed by atoms with E-state index in [-0.39, 0.29) is 6.10 Å². The molecule has 13 heavy (non-hydrogen) atoms. The number of thiophene rings is 1. The molecule has 0 amide bonds. The second kappa shape index (κ2) is 5.03. The highest BCUT2D eigenvalue weighted by molar-refractivity contribution is 7.99. The molecule has 1 unspecified atom stereocenters. The van der Waals surface area contributed by atoms with Crippen molar-refractivity contribution in [2.45, 2.75) is 32.1 Å². The smallest absolute Gasteiger partial charge is 0.0972 e.